The highest BCUT2D eigenvalue weighted by Gasteiger charge is 2.54. The van der Waals surface area contributed by atoms with Gasteiger partial charge in [0.15, 0.2) is 6.10 Å². The van der Waals surface area contributed by atoms with Gasteiger partial charge in [0.1, 0.15) is 43.2 Å². The van der Waals surface area contributed by atoms with Crippen molar-refractivity contribution in [3.05, 3.63) is 0 Å². The van der Waals surface area contributed by atoms with Crippen LogP contribution in [0.4, 0.5) is 0 Å². The zero-order chi connectivity index (χ0) is 43.9. The van der Waals surface area contributed by atoms with Gasteiger partial charge >= 0.3 is 27.6 Å². The van der Waals surface area contributed by atoms with Crippen molar-refractivity contribution in [2.75, 3.05) is 13.2 Å². The number of aliphatic hydroxyl groups is 4. The van der Waals surface area contributed by atoms with Gasteiger partial charge in [0.05, 0.1) is 6.61 Å². The van der Waals surface area contributed by atoms with Gasteiger partial charge in [-0.1, -0.05) is 168 Å². The number of aliphatic hydroxyl groups excluding tert-OH is 4. The van der Waals surface area contributed by atoms with E-state index in [9.17, 15) is 44.0 Å². The van der Waals surface area contributed by atoms with E-state index < -0.39 is 83.5 Å². The van der Waals surface area contributed by atoms with Crippen LogP contribution in [0.1, 0.15) is 194 Å². The van der Waals surface area contributed by atoms with Gasteiger partial charge in [-0.25, -0.2) is 9.13 Å². The lowest BCUT2D eigenvalue weighted by molar-refractivity contribution is -0.216. The van der Waals surface area contributed by atoms with Crippen LogP contribution in [0.2, 0.25) is 0 Å². The van der Waals surface area contributed by atoms with Crippen LogP contribution in [0.5, 0.6) is 0 Å². The second kappa shape index (κ2) is 33.5. The van der Waals surface area contributed by atoms with Crippen molar-refractivity contribution in [1.82, 2.24) is 0 Å². The van der Waals surface area contributed by atoms with Crippen molar-refractivity contribution in [2.45, 2.75) is 236 Å². The Hall–Kier alpha value is -1.00. The molecule has 1 aliphatic carbocycles. The number of rotatable bonds is 38. The lowest BCUT2D eigenvalue weighted by Gasteiger charge is -2.43. The summed E-state index contributed by atoms with van der Waals surface area (Å²) in [5.41, 5.74) is 0. The SMILES string of the molecule is CCCCCCCCCCCCCCCC(=O)OCC(COP(=O)(O)OC1[C@@H](O)[C@@H](O)[C@@H](O)[C@H](OP(=O)(O)O)[C@H]1O)OC(=O)CCCCCCCCCCCCCCC. The third kappa shape index (κ3) is 28.3. The van der Waals surface area contributed by atoms with Gasteiger partial charge in [0, 0.05) is 12.8 Å². The predicted octanol–water partition coefficient (Wildman–Crippen LogP) is 7.84. The number of phosphoric acid groups is 2. The second-order valence-corrected chi connectivity index (χ2v) is 18.7. The maximum Gasteiger partial charge on any atom is 0.472 e. The number of hydrogen-bond acceptors (Lipinski definition) is 13. The summed E-state index contributed by atoms with van der Waals surface area (Å²) in [5, 5.41) is 41.1. The van der Waals surface area contributed by atoms with E-state index in [-0.39, 0.29) is 12.8 Å². The molecule has 0 aliphatic heterocycles. The Bertz CT molecular complexity index is 1170. The van der Waals surface area contributed by atoms with Gasteiger partial charge in [-0.2, -0.15) is 0 Å². The molecule has 0 aromatic heterocycles. The fourth-order valence-electron chi connectivity index (χ4n) is 7.14. The average Bonchev–Trinajstić information content (AvgIpc) is 3.18. The van der Waals surface area contributed by atoms with Gasteiger partial charge in [0.25, 0.3) is 0 Å². The quantitative estimate of drug-likeness (QED) is 0.0177. The highest BCUT2D eigenvalue weighted by atomic mass is 31.2. The first-order valence-corrected chi connectivity index (χ1v) is 25.6. The third-order valence-corrected chi connectivity index (χ3v) is 12.2. The molecule has 0 heterocycles. The van der Waals surface area contributed by atoms with Crippen LogP contribution in [-0.4, -0.2) is 103 Å². The van der Waals surface area contributed by atoms with E-state index in [2.05, 4.69) is 18.4 Å². The number of unbranched alkanes of at least 4 members (excludes halogenated alkanes) is 24. The van der Waals surface area contributed by atoms with Crippen molar-refractivity contribution in [3.8, 4) is 0 Å². The largest absolute Gasteiger partial charge is 0.472 e. The Morgan fingerprint density at radius 3 is 1.22 bits per heavy atom. The van der Waals surface area contributed by atoms with Crippen LogP contribution in [0.15, 0.2) is 0 Å². The molecule has 1 rings (SSSR count). The van der Waals surface area contributed by atoms with Crippen molar-refractivity contribution in [1.29, 1.82) is 0 Å². The van der Waals surface area contributed by atoms with Crippen LogP contribution >= 0.6 is 15.6 Å². The van der Waals surface area contributed by atoms with Crippen LogP contribution in [-0.2, 0) is 41.8 Å². The summed E-state index contributed by atoms with van der Waals surface area (Å²) in [6.45, 7) is 3.11. The standard InChI is InChI=1S/C41H80O16P2/c1-3-5-7-9-11-13-15-17-19-21-23-25-27-29-34(42)53-31-33(55-35(43)30-28-26-24-22-20-18-16-14-12-10-8-6-4-2)32-54-59(51,52)57-41-38(46)36(44)37(45)40(39(41)47)56-58(48,49)50/h33,36-41,44-47H,3-32H2,1-2H3,(H,51,52)(H2,48,49,50)/t33?,36-,37+,38-,39+,40-,41?/m0/s1. The molecule has 0 aromatic rings. The molecule has 16 nitrogen and oxygen atoms in total. The zero-order valence-corrected chi connectivity index (χ0v) is 37.7. The second-order valence-electron chi connectivity index (χ2n) is 16.1. The van der Waals surface area contributed by atoms with E-state index in [0.717, 1.165) is 51.4 Å². The molecule has 1 aliphatic rings. The maximum atomic E-state index is 12.9. The highest BCUT2D eigenvalue weighted by molar-refractivity contribution is 7.47. The Morgan fingerprint density at radius 2 is 0.831 bits per heavy atom. The molecular weight excluding hydrogens is 810 g/mol. The summed E-state index contributed by atoms with van der Waals surface area (Å²) in [6.07, 6.45) is 15.0. The summed E-state index contributed by atoms with van der Waals surface area (Å²) in [6, 6.07) is 0. The molecule has 0 saturated heterocycles. The van der Waals surface area contributed by atoms with E-state index in [0.29, 0.717) is 12.8 Å². The first-order chi connectivity index (χ1) is 28.1. The number of phosphoric ester groups is 2. The summed E-state index contributed by atoms with van der Waals surface area (Å²) >= 11 is 0. The Morgan fingerprint density at radius 1 is 0.475 bits per heavy atom. The van der Waals surface area contributed by atoms with Gasteiger partial charge < -0.3 is 44.6 Å². The molecule has 7 N–H and O–H groups in total. The number of esters is 2. The molecule has 8 atom stereocenters. The van der Waals surface area contributed by atoms with E-state index in [1.54, 1.807) is 0 Å². The van der Waals surface area contributed by atoms with Crippen LogP contribution in [0, 0.1) is 0 Å². The minimum atomic E-state index is -5.35. The molecule has 1 fully saturated rings. The number of ether oxygens (including phenoxy) is 2. The third-order valence-electron chi connectivity index (χ3n) is 10.7. The minimum Gasteiger partial charge on any atom is -0.462 e. The molecule has 0 aromatic carbocycles. The molecule has 59 heavy (non-hydrogen) atoms. The Balaban J connectivity index is 2.61. The molecular formula is C41H80O16P2. The van der Waals surface area contributed by atoms with E-state index in [1.165, 1.54) is 103 Å². The Labute approximate surface area is 353 Å². The van der Waals surface area contributed by atoms with Crippen molar-refractivity contribution in [3.63, 3.8) is 0 Å². The lowest BCUT2D eigenvalue weighted by Crippen LogP contribution is -2.64. The molecule has 3 unspecified atom stereocenters. The van der Waals surface area contributed by atoms with Gasteiger partial charge in [-0.05, 0) is 12.8 Å². The smallest absolute Gasteiger partial charge is 0.462 e. The van der Waals surface area contributed by atoms with Crippen molar-refractivity contribution < 1.29 is 76.9 Å². The maximum absolute atomic E-state index is 12.9. The lowest BCUT2D eigenvalue weighted by atomic mass is 9.85. The average molecular weight is 891 g/mol. The van der Waals surface area contributed by atoms with Crippen LogP contribution in [0.3, 0.4) is 0 Å². The predicted molar refractivity (Wildman–Crippen MR) is 223 cm³/mol. The van der Waals surface area contributed by atoms with Crippen LogP contribution < -0.4 is 0 Å². The highest BCUT2D eigenvalue weighted by Crippen LogP contribution is 2.49. The van der Waals surface area contributed by atoms with E-state index in [1.807, 2.05) is 0 Å². The fraction of sp³-hybridized carbons (Fsp3) is 0.951. The topological polar surface area (TPSA) is 256 Å². The fourth-order valence-corrected chi connectivity index (χ4v) is 8.68. The summed E-state index contributed by atoms with van der Waals surface area (Å²) in [5.74, 6) is -1.19. The van der Waals surface area contributed by atoms with Crippen molar-refractivity contribution in [2.24, 2.45) is 0 Å². The molecule has 0 bridgehead atoms. The normalized spacial score (nSPS) is 22.5. The number of carbonyl (C=O) groups excluding carboxylic acids is 2. The summed E-state index contributed by atoms with van der Waals surface area (Å²) in [7, 11) is -10.6. The molecule has 1 saturated carbocycles. The summed E-state index contributed by atoms with van der Waals surface area (Å²) < 4.78 is 49.3. The molecule has 0 spiro atoms. The van der Waals surface area contributed by atoms with Gasteiger partial charge in [-0.15, -0.1) is 0 Å². The van der Waals surface area contributed by atoms with Crippen molar-refractivity contribution >= 4 is 27.6 Å². The number of hydrogen-bond donors (Lipinski definition) is 7. The zero-order valence-electron chi connectivity index (χ0n) is 36.0. The Kier molecular flexibility index (Phi) is 31.8. The summed E-state index contributed by atoms with van der Waals surface area (Å²) in [4.78, 5) is 54.1. The van der Waals surface area contributed by atoms with Gasteiger partial charge in [-0.3, -0.25) is 23.2 Å². The van der Waals surface area contributed by atoms with Gasteiger partial charge in [0.2, 0.25) is 0 Å². The number of carbonyl (C=O) groups is 2. The monoisotopic (exact) mass is 890 g/mol. The van der Waals surface area contributed by atoms with Crippen LogP contribution in [0.25, 0.3) is 0 Å². The molecule has 0 amide bonds. The minimum absolute atomic E-state index is 0.0517. The first kappa shape index (κ1) is 56.0. The molecule has 0 radical (unpaired) electrons. The first-order valence-electron chi connectivity index (χ1n) is 22.6. The van der Waals surface area contributed by atoms with E-state index in [4.69, 9.17) is 28.3 Å². The molecule has 18 heteroatoms. The van der Waals surface area contributed by atoms with E-state index >= 15 is 0 Å². The molecule has 350 valence electrons.